The number of non-ortho nitro benzene ring substituents is 1. The number of rotatable bonds is 6. The van der Waals surface area contributed by atoms with Gasteiger partial charge in [-0.25, -0.2) is 4.39 Å². The zero-order valence-corrected chi connectivity index (χ0v) is 11.6. The van der Waals surface area contributed by atoms with Gasteiger partial charge in [-0.1, -0.05) is 6.92 Å². The highest BCUT2D eigenvalue weighted by atomic mass is 19.1. The lowest BCUT2D eigenvalue weighted by atomic mass is 10.1. The van der Waals surface area contributed by atoms with Crippen molar-refractivity contribution in [2.24, 2.45) is 5.92 Å². The standard InChI is InChI=1S/C13H15FN2O5/c1-7(3-11(17)18)6-15-13(19)10-5-9(16(20)21)4-8(2)12(10)14/h4-5,7H,3,6H2,1-2H3,(H,15,19)(H,17,18). The molecule has 0 fully saturated rings. The number of halogens is 1. The van der Waals surface area contributed by atoms with E-state index in [1.165, 1.54) is 6.92 Å². The second kappa shape index (κ2) is 6.78. The van der Waals surface area contributed by atoms with Gasteiger partial charge < -0.3 is 10.4 Å². The third kappa shape index (κ3) is 4.51. The fourth-order valence-corrected chi connectivity index (χ4v) is 1.75. The molecule has 2 N–H and O–H groups in total. The second-order valence-corrected chi connectivity index (χ2v) is 4.79. The lowest BCUT2D eigenvalue weighted by Crippen LogP contribution is -2.30. The van der Waals surface area contributed by atoms with Gasteiger partial charge in [-0.3, -0.25) is 19.7 Å². The molecule has 114 valence electrons. The van der Waals surface area contributed by atoms with Crippen LogP contribution in [-0.2, 0) is 4.79 Å². The number of nitrogens with one attached hydrogen (secondary N) is 1. The van der Waals surface area contributed by atoms with Gasteiger partial charge in [-0.15, -0.1) is 0 Å². The molecule has 0 radical (unpaired) electrons. The van der Waals surface area contributed by atoms with Crippen molar-refractivity contribution in [3.05, 3.63) is 39.2 Å². The second-order valence-electron chi connectivity index (χ2n) is 4.79. The number of aryl methyl sites for hydroxylation is 1. The van der Waals surface area contributed by atoms with E-state index in [2.05, 4.69) is 5.32 Å². The maximum atomic E-state index is 13.9. The number of amides is 1. The summed E-state index contributed by atoms with van der Waals surface area (Å²) in [4.78, 5) is 32.4. The van der Waals surface area contributed by atoms with Gasteiger partial charge in [0, 0.05) is 25.1 Å². The SMILES string of the molecule is Cc1cc([N+](=O)[O-])cc(C(=O)NCC(C)CC(=O)O)c1F. The van der Waals surface area contributed by atoms with Crippen LogP contribution in [0.5, 0.6) is 0 Å². The molecular weight excluding hydrogens is 283 g/mol. The maximum Gasteiger partial charge on any atom is 0.303 e. The quantitative estimate of drug-likeness (QED) is 0.615. The Bertz CT molecular complexity index is 588. The van der Waals surface area contributed by atoms with Gasteiger partial charge in [0.15, 0.2) is 0 Å². The van der Waals surface area contributed by atoms with Crippen LogP contribution in [0.15, 0.2) is 12.1 Å². The van der Waals surface area contributed by atoms with Crippen molar-refractivity contribution in [3.8, 4) is 0 Å². The van der Waals surface area contributed by atoms with Gasteiger partial charge in [0.1, 0.15) is 5.82 Å². The maximum absolute atomic E-state index is 13.9. The van der Waals surface area contributed by atoms with Gasteiger partial charge in [0.2, 0.25) is 0 Å². The Balaban J connectivity index is 2.87. The Morgan fingerprint density at radius 3 is 2.62 bits per heavy atom. The van der Waals surface area contributed by atoms with E-state index in [4.69, 9.17) is 5.11 Å². The Kier molecular flexibility index (Phi) is 5.34. The number of nitro benzene ring substituents is 1. The first kappa shape index (κ1) is 16.5. The molecule has 0 aliphatic carbocycles. The zero-order valence-electron chi connectivity index (χ0n) is 11.6. The summed E-state index contributed by atoms with van der Waals surface area (Å²) in [5, 5.41) is 21.7. The fourth-order valence-electron chi connectivity index (χ4n) is 1.75. The highest BCUT2D eigenvalue weighted by molar-refractivity contribution is 5.95. The molecule has 0 saturated carbocycles. The average molecular weight is 298 g/mol. The summed E-state index contributed by atoms with van der Waals surface area (Å²) in [7, 11) is 0. The van der Waals surface area contributed by atoms with Crippen LogP contribution in [0.25, 0.3) is 0 Å². The number of hydrogen-bond acceptors (Lipinski definition) is 4. The van der Waals surface area contributed by atoms with E-state index in [-0.39, 0.29) is 30.1 Å². The van der Waals surface area contributed by atoms with E-state index in [1.807, 2.05) is 0 Å². The van der Waals surface area contributed by atoms with E-state index in [0.717, 1.165) is 12.1 Å². The van der Waals surface area contributed by atoms with Crippen LogP contribution in [0, 0.1) is 28.8 Å². The minimum Gasteiger partial charge on any atom is -0.481 e. The minimum absolute atomic E-state index is 0.00654. The molecular formula is C13H15FN2O5. The van der Waals surface area contributed by atoms with Crippen LogP contribution in [0.2, 0.25) is 0 Å². The number of nitrogens with zero attached hydrogens (tertiary/aromatic N) is 1. The number of nitro groups is 1. The molecule has 1 unspecified atom stereocenters. The van der Waals surface area contributed by atoms with Gasteiger partial charge in [-0.2, -0.15) is 0 Å². The summed E-state index contributed by atoms with van der Waals surface area (Å²) in [6, 6.07) is 1.90. The van der Waals surface area contributed by atoms with Crippen molar-refractivity contribution in [1.29, 1.82) is 0 Å². The molecule has 7 nitrogen and oxygen atoms in total. The molecule has 0 aliphatic heterocycles. The molecule has 0 bridgehead atoms. The summed E-state index contributed by atoms with van der Waals surface area (Å²) in [5.41, 5.74) is -0.810. The molecule has 1 aromatic rings. The molecule has 21 heavy (non-hydrogen) atoms. The lowest BCUT2D eigenvalue weighted by molar-refractivity contribution is -0.385. The van der Waals surface area contributed by atoms with E-state index >= 15 is 0 Å². The fraction of sp³-hybridized carbons (Fsp3) is 0.385. The summed E-state index contributed by atoms with van der Waals surface area (Å²) >= 11 is 0. The van der Waals surface area contributed by atoms with Gasteiger partial charge >= 0.3 is 5.97 Å². The van der Waals surface area contributed by atoms with E-state index in [9.17, 15) is 24.1 Å². The number of carbonyl (C=O) groups is 2. The first-order valence-corrected chi connectivity index (χ1v) is 6.17. The zero-order chi connectivity index (χ0) is 16.2. The monoisotopic (exact) mass is 298 g/mol. The van der Waals surface area contributed by atoms with Crippen molar-refractivity contribution < 1.29 is 24.0 Å². The number of aliphatic carboxylic acids is 1. The molecule has 1 atom stereocenters. The third-order valence-electron chi connectivity index (χ3n) is 2.83. The van der Waals surface area contributed by atoms with E-state index in [0.29, 0.717) is 0 Å². The van der Waals surface area contributed by atoms with Crippen LogP contribution in [0.1, 0.15) is 29.3 Å². The molecule has 0 spiro atoms. The van der Waals surface area contributed by atoms with Crippen molar-refractivity contribution in [2.45, 2.75) is 20.3 Å². The summed E-state index contributed by atoms with van der Waals surface area (Å²) in [6.45, 7) is 2.97. The van der Waals surface area contributed by atoms with E-state index < -0.39 is 28.2 Å². The van der Waals surface area contributed by atoms with Gasteiger partial charge in [0.05, 0.1) is 10.5 Å². The number of benzene rings is 1. The third-order valence-corrected chi connectivity index (χ3v) is 2.83. The summed E-state index contributed by atoms with van der Waals surface area (Å²) in [6.07, 6.45) is -0.142. The highest BCUT2D eigenvalue weighted by Gasteiger charge is 2.20. The first-order chi connectivity index (χ1) is 9.72. The molecule has 1 rings (SSSR count). The predicted octanol–water partition coefficient (Wildman–Crippen LogP) is 1.88. The van der Waals surface area contributed by atoms with Crippen molar-refractivity contribution in [1.82, 2.24) is 5.32 Å². The van der Waals surface area contributed by atoms with Gasteiger partial charge in [0.25, 0.3) is 11.6 Å². The smallest absolute Gasteiger partial charge is 0.303 e. The predicted molar refractivity (Wildman–Crippen MR) is 71.5 cm³/mol. The Labute approximate surface area is 119 Å². The highest BCUT2D eigenvalue weighted by Crippen LogP contribution is 2.21. The topological polar surface area (TPSA) is 110 Å². The summed E-state index contributed by atoms with van der Waals surface area (Å²) in [5.74, 6) is -2.98. The Morgan fingerprint density at radius 1 is 1.48 bits per heavy atom. The molecule has 8 heteroatoms. The van der Waals surface area contributed by atoms with Crippen LogP contribution in [0.3, 0.4) is 0 Å². The Hall–Kier alpha value is -2.51. The van der Waals surface area contributed by atoms with Crippen molar-refractivity contribution >= 4 is 17.6 Å². The van der Waals surface area contributed by atoms with Crippen LogP contribution in [-0.4, -0.2) is 28.5 Å². The molecule has 1 aromatic carbocycles. The number of hydrogen-bond donors (Lipinski definition) is 2. The lowest BCUT2D eigenvalue weighted by Gasteiger charge is -2.11. The summed E-state index contributed by atoms with van der Waals surface area (Å²) < 4.78 is 13.9. The molecule has 0 heterocycles. The molecule has 0 aromatic heterocycles. The van der Waals surface area contributed by atoms with Crippen LogP contribution < -0.4 is 5.32 Å². The number of carbonyl (C=O) groups excluding carboxylic acids is 1. The normalized spacial score (nSPS) is 11.8. The number of carboxylic acids is 1. The van der Waals surface area contributed by atoms with Crippen molar-refractivity contribution in [2.75, 3.05) is 6.54 Å². The average Bonchev–Trinajstić information content (AvgIpc) is 2.37. The molecule has 1 amide bonds. The first-order valence-electron chi connectivity index (χ1n) is 6.17. The van der Waals surface area contributed by atoms with Gasteiger partial charge in [-0.05, 0) is 18.4 Å². The van der Waals surface area contributed by atoms with Crippen LogP contribution >= 0.6 is 0 Å². The molecule has 0 saturated heterocycles. The largest absolute Gasteiger partial charge is 0.481 e. The van der Waals surface area contributed by atoms with Crippen LogP contribution in [0.4, 0.5) is 10.1 Å². The van der Waals surface area contributed by atoms with Crippen molar-refractivity contribution in [3.63, 3.8) is 0 Å². The minimum atomic E-state index is -1.01. The number of carboxylic acid groups (broad SMARTS) is 1. The Morgan fingerprint density at radius 2 is 2.10 bits per heavy atom. The molecule has 0 aliphatic rings. The van der Waals surface area contributed by atoms with E-state index in [1.54, 1.807) is 6.92 Å².